The van der Waals surface area contributed by atoms with E-state index in [1.54, 1.807) is 30.3 Å². The highest BCUT2D eigenvalue weighted by Gasteiger charge is 2.32. The molecule has 0 aliphatic heterocycles. The number of H-pyrrole nitrogens is 1. The van der Waals surface area contributed by atoms with Gasteiger partial charge in [-0.15, -0.1) is 0 Å². The molecule has 0 aliphatic carbocycles. The van der Waals surface area contributed by atoms with E-state index in [-0.39, 0.29) is 17.0 Å². The molecule has 1 aromatic heterocycles. The van der Waals surface area contributed by atoms with Crippen molar-refractivity contribution in [2.45, 2.75) is 13.2 Å². The fourth-order valence-corrected chi connectivity index (χ4v) is 1.72. The van der Waals surface area contributed by atoms with Crippen molar-refractivity contribution in [3.8, 4) is 11.3 Å². The SMILES string of the molecule is Cc1n[nH]c(-c2ccccc2)c1C(=O)NC(F)(F)F. The van der Waals surface area contributed by atoms with E-state index in [0.717, 1.165) is 5.32 Å². The molecule has 7 heteroatoms. The predicted molar refractivity (Wildman–Crippen MR) is 62.3 cm³/mol. The quantitative estimate of drug-likeness (QED) is 0.823. The van der Waals surface area contributed by atoms with Gasteiger partial charge in [-0.25, -0.2) is 0 Å². The normalized spacial score (nSPS) is 11.4. The van der Waals surface area contributed by atoms with E-state index in [1.807, 2.05) is 0 Å². The van der Waals surface area contributed by atoms with Crippen molar-refractivity contribution in [3.05, 3.63) is 41.6 Å². The molecule has 0 fully saturated rings. The highest BCUT2D eigenvalue weighted by Crippen LogP contribution is 2.24. The number of nitrogens with zero attached hydrogens (tertiary/aromatic N) is 1. The second-order valence-corrected chi connectivity index (χ2v) is 3.88. The highest BCUT2D eigenvalue weighted by molar-refractivity contribution is 6.01. The van der Waals surface area contributed by atoms with Gasteiger partial charge in [-0.3, -0.25) is 15.2 Å². The molecule has 1 aromatic carbocycles. The number of alkyl halides is 3. The number of halogens is 3. The third-order valence-corrected chi connectivity index (χ3v) is 2.49. The Balaban J connectivity index is 2.42. The maximum absolute atomic E-state index is 12.2. The van der Waals surface area contributed by atoms with Crippen LogP contribution in [0.25, 0.3) is 11.3 Å². The molecule has 0 spiro atoms. The molecule has 0 atom stereocenters. The van der Waals surface area contributed by atoms with Crippen molar-refractivity contribution in [1.82, 2.24) is 15.5 Å². The third-order valence-electron chi connectivity index (χ3n) is 2.49. The number of aryl methyl sites for hydroxylation is 1. The summed E-state index contributed by atoms with van der Waals surface area (Å²) in [4.78, 5) is 11.6. The summed E-state index contributed by atoms with van der Waals surface area (Å²) in [6.07, 6.45) is -4.77. The van der Waals surface area contributed by atoms with Crippen molar-refractivity contribution >= 4 is 5.91 Å². The number of rotatable bonds is 2. The van der Waals surface area contributed by atoms with Crippen LogP contribution in [0.2, 0.25) is 0 Å². The molecule has 100 valence electrons. The van der Waals surface area contributed by atoms with Crippen LogP contribution in [-0.4, -0.2) is 22.4 Å². The monoisotopic (exact) mass is 269 g/mol. The van der Waals surface area contributed by atoms with Crippen molar-refractivity contribution < 1.29 is 18.0 Å². The third kappa shape index (κ3) is 2.93. The Morgan fingerprint density at radius 2 is 1.89 bits per heavy atom. The van der Waals surface area contributed by atoms with Crippen molar-refractivity contribution in [2.75, 3.05) is 0 Å². The Hall–Kier alpha value is -2.31. The van der Waals surface area contributed by atoms with Gasteiger partial charge >= 0.3 is 6.30 Å². The summed E-state index contributed by atoms with van der Waals surface area (Å²) in [6, 6.07) is 8.56. The van der Waals surface area contributed by atoms with Crippen LogP contribution in [0.1, 0.15) is 16.1 Å². The van der Waals surface area contributed by atoms with Crippen LogP contribution in [-0.2, 0) is 0 Å². The Labute approximate surface area is 106 Å². The van der Waals surface area contributed by atoms with E-state index >= 15 is 0 Å². The maximum Gasteiger partial charge on any atom is 0.484 e. The Kier molecular flexibility index (Phi) is 3.28. The molecule has 2 aromatic rings. The zero-order valence-electron chi connectivity index (χ0n) is 9.88. The van der Waals surface area contributed by atoms with E-state index < -0.39 is 12.2 Å². The van der Waals surface area contributed by atoms with E-state index in [2.05, 4.69) is 10.2 Å². The summed E-state index contributed by atoms with van der Waals surface area (Å²) in [7, 11) is 0. The maximum atomic E-state index is 12.2. The lowest BCUT2D eigenvalue weighted by molar-refractivity contribution is -0.146. The van der Waals surface area contributed by atoms with Gasteiger partial charge in [0.05, 0.1) is 17.0 Å². The molecule has 4 nitrogen and oxygen atoms in total. The minimum atomic E-state index is -4.77. The van der Waals surface area contributed by atoms with Gasteiger partial charge in [-0.2, -0.15) is 18.3 Å². The summed E-state index contributed by atoms with van der Waals surface area (Å²) in [5.74, 6) is -1.22. The Morgan fingerprint density at radius 1 is 1.26 bits per heavy atom. The van der Waals surface area contributed by atoms with Gasteiger partial charge in [0.15, 0.2) is 0 Å². The van der Waals surface area contributed by atoms with Crippen LogP contribution < -0.4 is 5.32 Å². The number of benzene rings is 1. The summed E-state index contributed by atoms with van der Waals surface area (Å²) in [5, 5.41) is 7.34. The highest BCUT2D eigenvalue weighted by atomic mass is 19.4. The summed E-state index contributed by atoms with van der Waals surface area (Å²) in [5.41, 5.74) is 0.958. The second kappa shape index (κ2) is 4.75. The fourth-order valence-electron chi connectivity index (χ4n) is 1.72. The largest absolute Gasteiger partial charge is 0.484 e. The average Bonchev–Trinajstić information content (AvgIpc) is 2.70. The first-order valence-electron chi connectivity index (χ1n) is 5.38. The van der Waals surface area contributed by atoms with Crippen molar-refractivity contribution in [1.29, 1.82) is 0 Å². The van der Waals surface area contributed by atoms with Gasteiger partial charge in [-0.05, 0) is 6.92 Å². The van der Waals surface area contributed by atoms with E-state index in [9.17, 15) is 18.0 Å². The Morgan fingerprint density at radius 3 is 2.47 bits per heavy atom. The van der Waals surface area contributed by atoms with Crippen LogP contribution >= 0.6 is 0 Å². The van der Waals surface area contributed by atoms with Crippen molar-refractivity contribution in [3.63, 3.8) is 0 Å². The molecule has 1 amide bonds. The minimum absolute atomic E-state index is 0.108. The van der Waals surface area contributed by atoms with Crippen LogP contribution in [0.4, 0.5) is 13.2 Å². The number of aromatic nitrogens is 2. The summed E-state index contributed by atoms with van der Waals surface area (Å²) >= 11 is 0. The molecule has 0 saturated heterocycles. The molecule has 1 heterocycles. The lowest BCUT2D eigenvalue weighted by Crippen LogP contribution is -2.37. The molecule has 2 rings (SSSR count). The number of aromatic amines is 1. The number of carbonyl (C=O) groups excluding carboxylic acids is 1. The van der Waals surface area contributed by atoms with Gasteiger partial charge in [0.1, 0.15) is 0 Å². The molecule has 0 radical (unpaired) electrons. The minimum Gasteiger partial charge on any atom is -0.277 e. The topological polar surface area (TPSA) is 57.8 Å². The summed E-state index contributed by atoms with van der Waals surface area (Å²) < 4.78 is 36.6. The number of amides is 1. The number of nitrogens with one attached hydrogen (secondary N) is 2. The number of hydrogen-bond acceptors (Lipinski definition) is 2. The molecule has 0 unspecified atom stereocenters. The van der Waals surface area contributed by atoms with Gasteiger partial charge in [0.2, 0.25) is 0 Å². The zero-order chi connectivity index (χ0) is 14.0. The second-order valence-electron chi connectivity index (χ2n) is 3.88. The number of carbonyl (C=O) groups is 1. The van der Waals surface area contributed by atoms with Gasteiger partial charge in [0, 0.05) is 5.56 Å². The molecule has 2 N–H and O–H groups in total. The van der Waals surface area contributed by atoms with E-state index in [0.29, 0.717) is 5.56 Å². The molecule has 19 heavy (non-hydrogen) atoms. The first kappa shape index (κ1) is 13.1. The van der Waals surface area contributed by atoms with Crippen LogP contribution in [0.5, 0.6) is 0 Å². The average molecular weight is 269 g/mol. The first-order valence-corrected chi connectivity index (χ1v) is 5.38. The van der Waals surface area contributed by atoms with Crippen LogP contribution in [0.15, 0.2) is 30.3 Å². The van der Waals surface area contributed by atoms with Crippen LogP contribution in [0.3, 0.4) is 0 Å². The lowest BCUT2D eigenvalue weighted by atomic mass is 10.1. The standard InChI is InChI=1S/C12H10F3N3O/c1-7-9(11(19)16-12(13,14)15)10(18-17-7)8-5-3-2-4-6-8/h2-6H,1H3,(H,16,19)(H,17,18). The molecule has 0 bridgehead atoms. The van der Waals surface area contributed by atoms with Crippen LogP contribution in [0, 0.1) is 6.92 Å². The van der Waals surface area contributed by atoms with E-state index in [4.69, 9.17) is 0 Å². The first-order chi connectivity index (χ1) is 8.88. The Bertz CT molecular complexity index is 590. The van der Waals surface area contributed by atoms with Gasteiger partial charge < -0.3 is 0 Å². The van der Waals surface area contributed by atoms with E-state index in [1.165, 1.54) is 6.92 Å². The zero-order valence-corrected chi connectivity index (χ0v) is 9.88. The molecule has 0 saturated carbocycles. The lowest BCUT2D eigenvalue weighted by Gasteiger charge is -2.09. The van der Waals surface area contributed by atoms with Gasteiger partial charge in [0.25, 0.3) is 5.91 Å². The molecule has 0 aliphatic rings. The van der Waals surface area contributed by atoms with Crippen molar-refractivity contribution in [2.24, 2.45) is 0 Å². The molecular formula is C12H10F3N3O. The number of hydrogen-bond donors (Lipinski definition) is 2. The predicted octanol–water partition coefficient (Wildman–Crippen LogP) is 2.63. The molecular weight excluding hydrogens is 259 g/mol. The van der Waals surface area contributed by atoms with Gasteiger partial charge in [-0.1, -0.05) is 30.3 Å². The fraction of sp³-hybridized carbons (Fsp3) is 0.167. The smallest absolute Gasteiger partial charge is 0.277 e. The summed E-state index contributed by atoms with van der Waals surface area (Å²) in [6.45, 7) is 1.47.